The van der Waals surface area contributed by atoms with E-state index in [4.69, 9.17) is 11.5 Å². The SMILES string of the molecule is NC(N)=NC(=O)c1ccc2c(-c3cn[nH]c3)cccc2c1. The minimum Gasteiger partial charge on any atom is -0.370 e. The third kappa shape index (κ3) is 2.46. The fraction of sp³-hybridized carbons (Fsp3) is 0. The molecule has 0 unspecified atom stereocenters. The van der Waals surface area contributed by atoms with Crippen LogP contribution in [0.15, 0.2) is 53.8 Å². The Labute approximate surface area is 120 Å². The van der Waals surface area contributed by atoms with Crippen LogP contribution in [0.1, 0.15) is 10.4 Å². The molecule has 0 radical (unpaired) electrons. The van der Waals surface area contributed by atoms with Gasteiger partial charge in [0, 0.05) is 17.3 Å². The van der Waals surface area contributed by atoms with Crippen molar-refractivity contribution in [3.63, 3.8) is 0 Å². The maximum Gasteiger partial charge on any atom is 0.280 e. The monoisotopic (exact) mass is 279 g/mol. The van der Waals surface area contributed by atoms with Crippen LogP contribution < -0.4 is 11.5 Å². The topological polar surface area (TPSA) is 110 Å². The highest BCUT2D eigenvalue weighted by Gasteiger charge is 2.09. The fourth-order valence-corrected chi connectivity index (χ4v) is 2.25. The Morgan fingerprint density at radius 2 is 2.05 bits per heavy atom. The molecule has 0 saturated heterocycles. The number of guanidine groups is 1. The van der Waals surface area contributed by atoms with Gasteiger partial charge in [-0.2, -0.15) is 10.1 Å². The second-order valence-electron chi connectivity index (χ2n) is 4.57. The predicted octanol–water partition coefficient (Wildman–Crippen LogP) is 1.64. The molecular weight excluding hydrogens is 266 g/mol. The summed E-state index contributed by atoms with van der Waals surface area (Å²) in [7, 11) is 0. The first-order valence-corrected chi connectivity index (χ1v) is 6.31. The molecule has 5 N–H and O–H groups in total. The number of hydrogen-bond acceptors (Lipinski definition) is 2. The lowest BCUT2D eigenvalue weighted by Crippen LogP contribution is -2.24. The van der Waals surface area contributed by atoms with Gasteiger partial charge in [0.1, 0.15) is 0 Å². The van der Waals surface area contributed by atoms with Gasteiger partial charge < -0.3 is 11.5 Å². The Morgan fingerprint density at radius 3 is 2.76 bits per heavy atom. The Balaban J connectivity index is 2.12. The van der Waals surface area contributed by atoms with Crippen LogP contribution in [0.5, 0.6) is 0 Å². The lowest BCUT2D eigenvalue weighted by molar-refractivity contribution is 0.100. The van der Waals surface area contributed by atoms with Crippen molar-refractivity contribution >= 4 is 22.6 Å². The van der Waals surface area contributed by atoms with E-state index >= 15 is 0 Å². The van der Waals surface area contributed by atoms with Crippen LogP contribution in [-0.2, 0) is 0 Å². The minimum atomic E-state index is -0.453. The van der Waals surface area contributed by atoms with Crippen LogP contribution in [0.2, 0.25) is 0 Å². The molecule has 0 aliphatic rings. The first-order chi connectivity index (χ1) is 10.1. The van der Waals surface area contributed by atoms with Crippen LogP contribution in [-0.4, -0.2) is 22.1 Å². The van der Waals surface area contributed by atoms with E-state index in [1.807, 2.05) is 30.5 Å². The number of carbonyl (C=O) groups is 1. The molecule has 21 heavy (non-hydrogen) atoms. The van der Waals surface area contributed by atoms with Gasteiger partial charge in [-0.3, -0.25) is 9.89 Å². The Bertz CT molecular complexity index is 832. The summed E-state index contributed by atoms with van der Waals surface area (Å²) in [6, 6.07) is 11.2. The van der Waals surface area contributed by atoms with Crippen molar-refractivity contribution in [2.75, 3.05) is 0 Å². The molecule has 0 bridgehead atoms. The van der Waals surface area contributed by atoms with Gasteiger partial charge in [-0.05, 0) is 28.5 Å². The molecule has 1 heterocycles. The molecule has 3 aromatic rings. The first-order valence-electron chi connectivity index (χ1n) is 6.31. The van der Waals surface area contributed by atoms with Crippen LogP contribution in [0.4, 0.5) is 0 Å². The van der Waals surface area contributed by atoms with E-state index in [1.165, 1.54) is 0 Å². The first kappa shape index (κ1) is 12.9. The maximum absolute atomic E-state index is 11.8. The molecule has 2 aromatic carbocycles. The van der Waals surface area contributed by atoms with Crippen LogP contribution >= 0.6 is 0 Å². The predicted molar refractivity (Wildman–Crippen MR) is 81.7 cm³/mol. The Kier molecular flexibility index (Phi) is 3.12. The molecule has 0 spiro atoms. The summed E-state index contributed by atoms with van der Waals surface area (Å²) in [5.41, 5.74) is 12.9. The Morgan fingerprint density at radius 1 is 1.19 bits per heavy atom. The summed E-state index contributed by atoms with van der Waals surface area (Å²) in [6.45, 7) is 0. The van der Waals surface area contributed by atoms with Crippen molar-refractivity contribution in [3.05, 3.63) is 54.4 Å². The highest BCUT2D eigenvalue weighted by atomic mass is 16.1. The molecule has 6 nitrogen and oxygen atoms in total. The molecule has 0 saturated carbocycles. The third-order valence-corrected chi connectivity index (χ3v) is 3.17. The number of hydrogen-bond donors (Lipinski definition) is 3. The number of rotatable bonds is 2. The number of nitrogens with two attached hydrogens (primary N) is 2. The van der Waals surface area contributed by atoms with Crippen LogP contribution in [0.25, 0.3) is 21.9 Å². The van der Waals surface area contributed by atoms with Crippen molar-refractivity contribution in [3.8, 4) is 11.1 Å². The summed E-state index contributed by atoms with van der Waals surface area (Å²) in [4.78, 5) is 15.4. The molecule has 1 aromatic heterocycles. The maximum atomic E-state index is 11.8. The van der Waals surface area contributed by atoms with Gasteiger partial charge >= 0.3 is 0 Å². The molecular formula is C15H13N5O. The van der Waals surface area contributed by atoms with Crippen molar-refractivity contribution in [2.45, 2.75) is 0 Å². The number of fused-ring (bicyclic) bond motifs is 1. The highest BCUT2D eigenvalue weighted by Crippen LogP contribution is 2.28. The number of amides is 1. The number of carbonyl (C=O) groups excluding carboxylic acids is 1. The second-order valence-corrected chi connectivity index (χ2v) is 4.57. The third-order valence-electron chi connectivity index (χ3n) is 3.17. The number of nitrogens with zero attached hydrogens (tertiary/aromatic N) is 2. The van der Waals surface area contributed by atoms with Gasteiger partial charge in [0.2, 0.25) is 0 Å². The molecule has 0 aliphatic carbocycles. The van der Waals surface area contributed by atoms with E-state index in [1.54, 1.807) is 18.3 Å². The van der Waals surface area contributed by atoms with Gasteiger partial charge in [0.15, 0.2) is 5.96 Å². The molecule has 0 fully saturated rings. The van der Waals surface area contributed by atoms with Crippen molar-refractivity contribution in [1.82, 2.24) is 10.2 Å². The second kappa shape index (κ2) is 5.09. The zero-order chi connectivity index (χ0) is 14.8. The average Bonchev–Trinajstić information content (AvgIpc) is 2.99. The van der Waals surface area contributed by atoms with Crippen molar-refractivity contribution in [2.24, 2.45) is 16.5 Å². The quantitative estimate of drug-likeness (QED) is 0.489. The van der Waals surface area contributed by atoms with Gasteiger partial charge in [0.05, 0.1) is 6.20 Å². The summed E-state index contributed by atoms with van der Waals surface area (Å²) in [6.07, 6.45) is 3.58. The Hall–Kier alpha value is -3.15. The fourth-order valence-electron chi connectivity index (χ4n) is 2.25. The van der Waals surface area contributed by atoms with E-state index in [0.29, 0.717) is 5.56 Å². The lowest BCUT2D eigenvalue weighted by Gasteiger charge is -2.06. The number of aromatic amines is 1. The zero-order valence-corrected chi connectivity index (χ0v) is 11.1. The van der Waals surface area contributed by atoms with E-state index in [0.717, 1.165) is 21.9 Å². The zero-order valence-electron chi connectivity index (χ0n) is 11.1. The van der Waals surface area contributed by atoms with E-state index in [-0.39, 0.29) is 5.96 Å². The van der Waals surface area contributed by atoms with E-state index in [2.05, 4.69) is 15.2 Å². The number of nitrogens with one attached hydrogen (secondary N) is 1. The number of aliphatic imine (C=N–C) groups is 1. The van der Waals surface area contributed by atoms with Crippen molar-refractivity contribution < 1.29 is 4.79 Å². The van der Waals surface area contributed by atoms with E-state index in [9.17, 15) is 4.79 Å². The summed E-state index contributed by atoms with van der Waals surface area (Å²) >= 11 is 0. The highest BCUT2D eigenvalue weighted by molar-refractivity contribution is 6.06. The molecule has 0 atom stereocenters. The minimum absolute atomic E-state index is 0.243. The lowest BCUT2D eigenvalue weighted by atomic mass is 9.99. The summed E-state index contributed by atoms with van der Waals surface area (Å²) in [5, 5.41) is 8.72. The van der Waals surface area contributed by atoms with Crippen LogP contribution in [0.3, 0.4) is 0 Å². The molecule has 3 rings (SSSR count). The normalized spacial score (nSPS) is 10.5. The summed E-state index contributed by atoms with van der Waals surface area (Å²) in [5.74, 6) is -0.696. The molecule has 104 valence electrons. The smallest absolute Gasteiger partial charge is 0.280 e. The van der Waals surface area contributed by atoms with Gasteiger partial charge in [-0.15, -0.1) is 0 Å². The largest absolute Gasteiger partial charge is 0.370 e. The molecule has 0 aliphatic heterocycles. The standard InChI is InChI=1S/C15H13N5O/c16-15(17)20-14(21)10-4-5-13-9(6-10)2-1-3-12(13)11-7-18-19-8-11/h1-8H,(H,18,19)(H4,16,17,20,21). The van der Waals surface area contributed by atoms with Gasteiger partial charge in [-0.25, -0.2) is 0 Å². The average molecular weight is 279 g/mol. The number of benzene rings is 2. The summed E-state index contributed by atoms with van der Waals surface area (Å²) < 4.78 is 0. The van der Waals surface area contributed by atoms with E-state index < -0.39 is 5.91 Å². The number of H-pyrrole nitrogens is 1. The molecule has 1 amide bonds. The number of aromatic nitrogens is 2. The van der Waals surface area contributed by atoms with Gasteiger partial charge in [-0.1, -0.05) is 24.3 Å². The van der Waals surface area contributed by atoms with Gasteiger partial charge in [0.25, 0.3) is 5.91 Å². The molecule has 6 heteroatoms. The van der Waals surface area contributed by atoms with Crippen molar-refractivity contribution in [1.29, 1.82) is 0 Å². The van der Waals surface area contributed by atoms with Crippen LogP contribution in [0, 0.1) is 0 Å².